The maximum Gasteiger partial charge on any atom is 0.328 e. The van der Waals surface area contributed by atoms with Gasteiger partial charge in [0.2, 0.25) is 0 Å². The predicted octanol–water partition coefficient (Wildman–Crippen LogP) is -1.77. The van der Waals surface area contributed by atoms with E-state index in [0.29, 0.717) is 13.1 Å². The average Bonchev–Trinajstić information content (AvgIpc) is 2.25. The molecule has 92 valence electrons. The number of rotatable bonds is 2. The normalized spacial score (nSPS) is 28.1. The van der Waals surface area contributed by atoms with Crippen molar-refractivity contribution in [3.05, 3.63) is 0 Å². The topological polar surface area (TPSA) is 75.7 Å². The first kappa shape index (κ1) is 11.8. The minimum atomic E-state index is -3.06. The van der Waals surface area contributed by atoms with Crippen LogP contribution in [0.3, 0.4) is 0 Å². The first-order valence-corrected chi connectivity index (χ1v) is 7.07. The second-order valence-corrected chi connectivity index (χ2v) is 6.36. The van der Waals surface area contributed by atoms with Gasteiger partial charge in [-0.3, -0.25) is 4.90 Å². The number of nitrogens with one attached hydrogen (secondary N) is 1. The molecule has 0 saturated carbocycles. The van der Waals surface area contributed by atoms with Crippen LogP contribution in [0.5, 0.6) is 0 Å². The lowest BCUT2D eigenvalue weighted by molar-refractivity contribution is -0.154. The van der Waals surface area contributed by atoms with Crippen LogP contribution in [0.1, 0.15) is 0 Å². The van der Waals surface area contributed by atoms with Crippen LogP contribution in [0.25, 0.3) is 0 Å². The molecule has 2 aliphatic heterocycles. The molecule has 0 spiro atoms. The molecule has 0 aliphatic carbocycles. The standard InChI is InChI=1S/C9H16N2O4S/c1-15-8(12)9(6-16(13,14)7-9)11-4-2-10-3-5-11/h10H,2-7H2,1H3. The molecule has 0 amide bonds. The number of hydrogen-bond donors (Lipinski definition) is 1. The SMILES string of the molecule is COC(=O)C1(N2CCNCC2)CS(=O)(=O)C1. The Balaban J connectivity index is 2.19. The Morgan fingerprint density at radius 2 is 1.88 bits per heavy atom. The summed E-state index contributed by atoms with van der Waals surface area (Å²) >= 11 is 0. The summed E-state index contributed by atoms with van der Waals surface area (Å²) in [6, 6.07) is 0. The molecule has 0 unspecified atom stereocenters. The maximum atomic E-state index is 11.8. The van der Waals surface area contributed by atoms with E-state index in [2.05, 4.69) is 5.32 Å². The fourth-order valence-electron chi connectivity index (χ4n) is 2.40. The van der Waals surface area contributed by atoms with E-state index in [0.717, 1.165) is 13.1 Å². The van der Waals surface area contributed by atoms with Gasteiger partial charge >= 0.3 is 5.97 Å². The Kier molecular flexibility index (Phi) is 2.93. The van der Waals surface area contributed by atoms with Gasteiger partial charge in [-0.15, -0.1) is 0 Å². The van der Waals surface area contributed by atoms with Crippen LogP contribution in [0.15, 0.2) is 0 Å². The summed E-state index contributed by atoms with van der Waals surface area (Å²) in [5.41, 5.74) is -0.921. The predicted molar refractivity (Wildman–Crippen MR) is 57.8 cm³/mol. The summed E-state index contributed by atoms with van der Waals surface area (Å²) in [6.07, 6.45) is 0. The van der Waals surface area contributed by atoms with Gasteiger partial charge in [-0.05, 0) is 0 Å². The first-order chi connectivity index (χ1) is 7.50. The Morgan fingerprint density at radius 1 is 1.31 bits per heavy atom. The van der Waals surface area contributed by atoms with E-state index in [1.54, 1.807) is 0 Å². The van der Waals surface area contributed by atoms with Gasteiger partial charge in [0.1, 0.15) is 5.54 Å². The summed E-state index contributed by atoms with van der Waals surface area (Å²) < 4.78 is 27.4. The van der Waals surface area contributed by atoms with Gasteiger partial charge in [-0.1, -0.05) is 0 Å². The van der Waals surface area contributed by atoms with Crippen LogP contribution in [-0.4, -0.2) is 69.6 Å². The van der Waals surface area contributed by atoms with E-state index >= 15 is 0 Å². The zero-order valence-corrected chi connectivity index (χ0v) is 10.0. The molecule has 2 aliphatic rings. The Labute approximate surface area is 94.9 Å². The number of nitrogens with zero attached hydrogens (tertiary/aromatic N) is 1. The highest BCUT2D eigenvalue weighted by Crippen LogP contribution is 2.31. The van der Waals surface area contributed by atoms with E-state index in [9.17, 15) is 13.2 Å². The van der Waals surface area contributed by atoms with Gasteiger partial charge in [0, 0.05) is 26.2 Å². The van der Waals surface area contributed by atoms with Gasteiger partial charge < -0.3 is 10.1 Å². The molecule has 0 aromatic rings. The lowest BCUT2D eigenvalue weighted by atomic mass is 10.0. The molecule has 2 heterocycles. The molecule has 16 heavy (non-hydrogen) atoms. The summed E-state index contributed by atoms with van der Waals surface area (Å²) in [5, 5.41) is 3.17. The van der Waals surface area contributed by atoms with Gasteiger partial charge in [0.05, 0.1) is 18.6 Å². The quantitative estimate of drug-likeness (QED) is 0.583. The summed E-state index contributed by atoms with van der Waals surface area (Å²) in [6.45, 7) is 2.92. The van der Waals surface area contributed by atoms with E-state index in [1.807, 2.05) is 4.90 Å². The zero-order valence-electron chi connectivity index (χ0n) is 9.23. The van der Waals surface area contributed by atoms with Crippen molar-refractivity contribution < 1.29 is 17.9 Å². The second-order valence-electron chi connectivity index (χ2n) is 4.29. The summed E-state index contributed by atoms with van der Waals surface area (Å²) in [7, 11) is -1.75. The van der Waals surface area contributed by atoms with Crippen molar-refractivity contribution in [1.82, 2.24) is 10.2 Å². The highest BCUT2D eigenvalue weighted by Gasteiger charge is 2.58. The second kappa shape index (κ2) is 3.97. The number of ether oxygens (including phenoxy) is 1. The molecule has 2 rings (SSSR count). The molecule has 0 radical (unpaired) electrons. The maximum absolute atomic E-state index is 11.8. The number of carbonyl (C=O) groups is 1. The van der Waals surface area contributed by atoms with Gasteiger partial charge in [-0.25, -0.2) is 13.2 Å². The Morgan fingerprint density at radius 3 is 2.31 bits per heavy atom. The molecule has 0 aromatic carbocycles. The van der Waals surface area contributed by atoms with Crippen LogP contribution in [0.2, 0.25) is 0 Å². The fraction of sp³-hybridized carbons (Fsp3) is 0.889. The van der Waals surface area contributed by atoms with Crippen LogP contribution in [0, 0.1) is 0 Å². The van der Waals surface area contributed by atoms with Crippen LogP contribution in [0.4, 0.5) is 0 Å². The smallest absolute Gasteiger partial charge is 0.328 e. The molecule has 0 bridgehead atoms. The van der Waals surface area contributed by atoms with E-state index in [1.165, 1.54) is 7.11 Å². The summed E-state index contributed by atoms with van der Waals surface area (Å²) in [5.74, 6) is -0.636. The lowest BCUT2D eigenvalue weighted by Gasteiger charge is -2.48. The lowest BCUT2D eigenvalue weighted by Crippen LogP contribution is -2.72. The monoisotopic (exact) mass is 248 g/mol. The van der Waals surface area contributed by atoms with Crippen molar-refractivity contribution >= 4 is 15.8 Å². The van der Waals surface area contributed by atoms with Crippen molar-refractivity contribution in [1.29, 1.82) is 0 Å². The Hall–Kier alpha value is -0.660. The molecule has 6 nitrogen and oxygen atoms in total. The number of hydrogen-bond acceptors (Lipinski definition) is 6. The number of piperazine rings is 1. The van der Waals surface area contributed by atoms with Gasteiger partial charge in [0.15, 0.2) is 9.84 Å². The molecular formula is C9H16N2O4S. The van der Waals surface area contributed by atoms with Gasteiger partial charge in [-0.2, -0.15) is 0 Å². The molecule has 0 atom stereocenters. The van der Waals surface area contributed by atoms with Crippen molar-refractivity contribution in [2.24, 2.45) is 0 Å². The minimum Gasteiger partial charge on any atom is -0.468 e. The highest BCUT2D eigenvalue weighted by molar-refractivity contribution is 7.93. The highest BCUT2D eigenvalue weighted by atomic mass is 32.2. The van der Waals surface area contributed by atoms with Crippen LogP contribution >= 0.6 is 0 Å². The van der Waals surface area contributed by atoms with Crippen LogP contribution < -0.4 is 5.32 Å². The molecule has 2 fully saturated rings. The summed E-state index contributed by atoms with van der Waals surface area (Å²) in [4.78, 5) is 13.7. The largest absolute Gasteiger partial charge is 0.468 e. The van der Waals surface area contributed by atoms with Gasteiger partial charge in [0.25, 0.3) is 0 Å². The molecule has 7 heteroatoms. The number of methoxy groups -OCH3 is 1. The Bertz CT molecular complexity index is 374. The minimum absolute atomic E-state index is 0.104. The van der Waals surface area contributed by atoms with Crippen molar-refractivity contribution in [2.75, 3.05) is 44.8 Å². The first-order valence-electron chi connectivity index (χ1n) is 5.25. The van der Waals surface area contributed by atoms with E-state index in [-0.39, 0.29) is 11.5 Å². The number of sulfone groups is 1. The molecular weight excluding hydrogens is 232 g/mol. The third-order valence-electron chi connectivity index (χ3n) is 3.21. The number of carbonyl (C=O) groups excluding carboxylic acids is 1. The fourth-order valence-corrected chi connectivity index (χ4v) is 4.37. The van der Waals surface area contributed by atoms with Crippen molar-refractivity contribution in [3.8, 4) is 0 Å². The molecule has 2 saturated heterocycles. The average molecular weight is 248 g/mol. The number of esters is 1. The molecule has 0 aromatic heterocycles. The van der Waals surface area contributed by atoms with Crippen molar-refractivity contribution in [2.45, 2.75) is 5.54 Å². The van der Waals surface area contributed by atoms with Crippen molar-refractivity contribution in [3.63, 3.8) is 0 Å². The third kappa shape index (κ3) is 1.83. The van der Waals surface area contributed by atoms with Crippen LogP contribution in [-0.2, 0) is 19.4 Å². The van der Waals surface area contributed by atoms with E-state index < -0.39 is 21.3 Å². The third-order valence-corrected chi connectivity index (χ3v) is 5.04. The zero-order chi connectivity index (χ0) is 11.8. The molecule has 1 N–H and O–H groups in total. The van der Waals surface area contributed by atoms with E-state index in [4.69, 9.17) is 4.74 Å².